The number of hydrogen-bond donors (Lipinski definition) is 0. The van der Waals surface area contributed by atoms with Crippen molar-refractivity contribution >= 4 is 6.29 Å². The number of ether oxygens (including phenoxy) is 2. The Kier molecular flexibility index (Phi) is 2.96. The largest absolute Gasteiger partial charge is 0.347 e. The van der Waals surface area contributed by atoms with Gasteiger partial charge >= 0.3 is 0 Å². The second-order valence-corrected chi connectivity index (χ2v) is 5.28. The SMILES string of the molecule is O=CC1(c2ccccc2)CCCC2(C1)OCCO2. The van der Waals surface area contributed by atoms with E-state index in [1.807, 2.05) is 30.3 Å². The van der Waals surface area contributed by atoms with Gasteiger partial charge in [-0.3, -0.25) is 0 Å². The molecule has 1 aromatic rings. The average Bonchev–Trinajstić information content (AvgIpc) is 2.87. The second kappa shape index (κ2) is 4.48. The maximum Gasteiger partial charge on any atom is 0.169 e. The maximum atomic E-state index is 11.7. The lowest BCUT2D eigenvalue weighted by Crippen LogP contribution is -2.45. The first-order valence-corrected chi connectivity index (χ1v) is 6.58. The summed E-state index contributed by atoms with van der Waals surface area (Å²) in [5.41, 5.74) is 0.641. The predicted octanol–water partition coefficient (Wildman–Crippen LogP) is 2.44. The molecule has 0 radical (unpaired) electrons. The van der Waals surface area contributed by atoms with E-state index in [-0.39, 0.29) is 0 Å². The van der Waals surface area contributed by atoms with Gasteiger partial charge in [-0.1, -0.05) is 30.3 Å². The lowest BCUT2D eigenvalue weighted by atomic mass is 9.68. The fraction of sp³-hybridized carbons (Fsp3) is 0.533. The van der Waals surface area contributed by atoms with Crippen LogP contribution in [0.4, 0.5) is 0 Å². The summed E-state index contributed by atoms with van der Waals surface area (Å²) >= 11 is 0. The van der Waals surface area contributed by atoms with Crippen LogP contribution in [0, 0.1) is 0 Å². The molecule has 1 spiro atoms. The fourth-order valence-electron chi connectivity index (χ4n) is 3.26. The van der Waals surface area contributed by atoms with E-state index in [1.165, 1.54) is 0 Å². The number of benzene rings is 1. The first-order chi connectivity index (χ1) is 8.79. The number of aldehydes is 1. The van der Waals surface area contributed by atoms with Gasteiger partial charge in [0.1, 0.15) is 6.29 Å². The first-order valence-electron chi connectivity index (χ1n) is 6.58. The van der Waals surface area contributed by atoms with Crippen molar-refractivity contribution in [1.82, 2.24) is 0 Å². The average molecular weight is 246 g/mol. The lowest BCUT2D eigenvalue weighted by Gasteiger charge is -2.42. The third kappa shape index (κ3) is 1.88. The van der Waals surface area contributed by atoms with Crippen LogP contribution in [0.15, 0.2) is 30.3 Å². The second-order valence-electron chi connectivity index (χ2n) is 5.28. The standard InChI is InChI=1S/C15H18O3/c16-12-14(13-5-2-1-3-6-13)7-4-8-15(11-14)17-9-10-18-15/h1-3,5-6,12H,4,7-11H2. The Morgan fingerprint density at radius 1 is 1.06 bits per heavy atom. The Morgan fingerprint density at radius 2 is 1.78 bits per heavy atom. The van der Waals surface area contributed by atoms with Gasteiger partial charge in [-0.05, 0) is 18.4 Å². The van der Waals surface area contributed by atoms with E-state index in [2.05, 4.69) is 0 Å². The summed E-state index contributed by atoms with van der Waals surface area (Å²) in [4.78, 5) is 11.7. The summed E-state index contributed by atoms with van der Waals surface area (Å²) < 4.78 is 11.6. The van der Waals surface area contributed by atoms with Gasteiger partial charge in [-0.2, -0.15) is 0 Å². The number of hydrogen-bond acceptors (Lipinski definition) is 3. The van der Waals surface area contributed by atoms with Crippen molar-refractivity contribution in [2.45, 2.75) is 36.9 Å². The maximum absolute atomic E-state index is 11.7. The zero-order chi connectivity index (χ0) is 12.5. The van der Waals surface area contributed by atoms with E-state index >= 15 is 0 Å². The molecule has 1 aromatic carbocycles. The summed E-state index contributed by atoms with van der Waals surface area (Å²) in [6.07, 6.45) is 4.49. The van der Waals surface area contributed by atoms with Gasteiger partial charge in [0.2, 0.25) is 0 Å². The van der Waals surface area contributed by atoms with Gasteiger partial charge < -0.3 is 14.3 Å². The Bertz CT molecular complexity index is 423. The van der Waals surface area contributed by atoms with Gasteiger partial charge in [-0.25, -0.2) is 0 Å². The molecule has 1 aliphatic carbocycles. The van der Waals surface area contributed by atoms with Gasteiger partial charge in [0.25, 0.3) is 0 Å². The van der Waals surface area contributed by atoms with Crippen LogP contribution < -0.4 is 0 Å². The van der Waals surface area contributed by atoms with E-state index < -0.39 is 11.2 Å². The highest BCUT2D eigenvalue weighted by atomic mass is 16.7. The molecule has 1 saturated heterocycles. The molecule has 1 unspecified atom stereocenters. The molecule has 1 atom stereocenters. The van der Waals surface area contributed by atoms with Crippen molar-refractivity contribution < 1.29 is 14.3 Å². The molecule has 3 heteroatoms. The van der Waals surface area contributed by atoms with Crippen molar-refractivity contribution in [2.24, 2.45) is 0 Å². The van der Waals surface area contributed by atoms with E-state index in [0.29, 0.717) is 19.6 Å². The summed E-state index contributed by atoms with van der Waals surface area (Å²) in [6, 6.07) is 10.0. The van der Waals surface area contributed by atoms with Gasteiger partial charge in [0.05, 0.1) is 18.6 Å². The highest BCUT2D eigenvalue weighted by Crippen LogP contribution is 2.46. The molecule has 96 valence electrons. The van der Waals surface area contributed by atoms with Crippen LogP contribution in [-0.2, 0) is 19.7 Å². The van der Waals surface area contributed by atoms with E-state index in [9.17, 15) is 4.79 Å². The molecule has 3 nitrogen and oxygen atoms in total. The topological polar surface area (TPSA) is 35.5 Å². The molecule has 1 aliphatic heterocycles. The van der Waals surface area contributed by atoms with Crippen molar-refractivity contribution in [2.75, 3.05) is 13.2 Å². The van der Waals surface area contributed by atoms with E-state index in [4.69, 9.17) is 9.47 Å². The minimum Gasteiger partial charge on any atom is -0.347 e. The molecule has 0 amide bonds. The highest BCUT2D eigenvalue weighted by Gasteiger charge is 2.49. The molecule has 0 bridgehead atoms. The van der Waals surface area contributed by atoms with Crippen LogP contribution in [0.3, 0.4) is 0 Å². The smallest absolute Gasteiger partial charge is 0.169 e. The van der Waals surface area contributed by atoms with Crippen LogP contribution in [-0.4, -0.2) is 25.3 Å². The number of rotatable bonds is 2. The van der Waals surface area contributed by atoms with Gasteiger partial charge in [-0.15, -0.1) is 0 Å². The van der Waals surface area contributed by atoms with E-state index in [0.717, 1.165) is 31.1 Å². The molecule has 0 N–H and O–H groups in total. The number of carbonyl (C=O) groups is 1. The Hall–Kier alpha value is -1.19. The van der Waals surface area contributed by atoms with Crippen LogP contribution in [0.5, 0.6) is 0 Å². The van der Waals surface area contributed by atoms with Crippen molar-refractivity contribution in [3.05, 3.63) is 35.9 Å². The Labute approximate surface area is 107 Å². The summed E-state index contributed by atoms with van der Waals surface area (Å²) in [6.45, 7) is 1.29. The molecular weight excluding hydrogens is 228 g/mol. The summed E-state index contributed by atoms with van der Waals surface area (Å²) in [5.74, 6) is -0.519. The Balaban J connectivity index is 1.94. The summed E-state index contributed by atoms with van der Waals surface area (Å²) in [7, 11) is 0. The molecular formula is C15H18O3. The zero-order valence-electron chi connectivity index (χ0n) is 10.4. The van der Waals surface area contributed by atoms with Crippen molar-refractivity contribution in [1.29, 1.82) is 0 Å². The zero-order valence-corrected chi connectivity index (χ0v) is 10.4. The quantitative estimate of drug-likeness (QED) is 0.752. The third-order valence-corrected chi connectivity index (χ3v) is 4.15. The lowest BCUT2D eigenvalue weighted by molar-refractivity contribution is -0.190. The fourth-order valence-corrected chi connectivity index (χ4v) is 3.26. The minimum atomic E-state index is -0.519. The van der Waals surface area contributed by atoms with Crippen LogP contribution >= 0.6 is 0 Å². The van der Waals surface area contributed by atoms with Crippen molar-refractivity contribution in [3.63, 3.8) is 0 Å². The number of carbonyl (C=O) groups excluding carboxylic acids is 1. The van der Waals surface area contributed by atoms with Crippen LogP contribution in [0.25, 0.3) is 0 Å². The summed E-state index contributed by atoms with van der Waals surface area (Å²) in [5, 5.41) is 0. The minimum absolute atomic E-state index is 0.441. The van der Waals surface area contributed by atoms with Crippen molar-refractivity contribution in [3.8, 4) is 0 Å². The van der Waals surface area contributed by atoms with Gasteiger partial charge in [0, 0.05) is 12.8 Å². The van der Waals surface area contributed by atoms with Crippen LogP contribution in [0.2, 0.25) is 0 Å². The molecule has 2 fully saturated rings. The first kappa shape index (κ1) is 11.9. The normalized spacial score (nSPS) is 30.4. The molecule has 3 rings (SSSR count). The monoisotopic (exact) mass is 246 g/mol. The molecule has 0 aromatic heterocycles. The third-order valence-electron chi connectivity index (χ3n) is 4.15. The molecule has 18 heavy (non-hydrogen) atoms. The van der Waals surface area contributed by atoms with Gasteiger partial charge in [0.15, 0.2) is 5.79 Å². The van der Waals surface area contributed by atoms with Crippen LogP contribution in [0.1, 0.15) is 31.2 Å². The molecule has 1 saturated carbocycles. The predicted molar refractivity (Wildman–Crippen MR) is 67.3 cm³/mol. The Morgan fingerprint density at radius 3 is 2.44 bits per heavy atom. The molecule has 2 aliphatic rings. The van der Waals surface area contributed by atoms with E-state index in [1.54, 1.807) is 0 Å². The highest BCUT2D eigenvalue weighted by molar-refractivity contribution is 5.69. The molecule has 1 heterocycles.